The van der Waals surface area contributed by atoms with Crippen molar-refractivity contribution in [1.82, 2.24) is 10.6 Å². The van der Waals surface area contributed by atoms with Crippen LogP contribution in [0.4, 0.5) is 0 Å². The van der Waals surface area contributed by atoms with Crippen molar-refractivity contribution in [3.05, 3.63) is 0 Å². The molecule has 0 spiro atoms. The van der Waals surface area contributed by atoms with E-state index in [1.807, 2.05) is 0 Å². The van der Waals surface area contributed by atoms with Gasteiger partial charge in [-0.3, -0.25) is 0 Å². The lowest BCUT2D eigenvalue weighted by Crippen LogP contribution is -2.29. The second kappa shape index (κ2) is 10.4. The topological polar surface area (TPSA) is 24.1 Å². The van der Waals surface area contributed by atoms with Crippen molar-refractivity contribution in [2.45, 2.75) is 47.0 Å². The fourth-order valence-corrected chi connectivity index (χ4v) is 1.61. The first kappa shape index (κ1) is 14.9. The van der Waals surface area contributed by atoms with Crippen molar-refractivity contribution in [2.24, 2.45) is 11.8 Å². The Balaban J connectivity index is 3.09. The molecule has 0 amide bonds. The standard InChI is InChI=1S/C13H30N2/c1-5-14-10-13(4)11-15-9-7-6-8-12(2)3/h12-15H,5-11H2,1-4H3. The molecule has 2 N–H and O–H groups in total. The Morgan fingerprint density at radius 3 is 2.20 bits per heavy atom. The highest BCUT2D eigenvalue weighted by Gasteiger charge is 1.99. The van der Waals surface area contributed by atoms with Gasteiger partial charge in [-0.05, 0) is 44.4 Å². The molecule has 0 heterocycles. The Morgan fingerprint density at radius 2 is 1.60 bits per heavy atom. The first-order valence-corrected chi connectivity index (χ1v) is 6.58. The van der Waals surface area contributed by atoms with Crippen molar-refractivity contribution in [1.29, 1.82) is 0 Å². The molecule has 0 aliphatic rings. The molecule has 0 aromatic rings. The minimum atomic E-state index is 0.745. The van der Waals surface area contributed by atoms with Crippen LogP contribution in [0.25, 0.3) is 0 Å². The molecule has 0 aliphatic carbocycles. The predicted octanol–water partition coefficient (Wildman–Crippen LogP) is 2.65. The summed E-state index contributed by atoms with van der Waals surface area (Å²) < 4.78 is 0. The van der Waals surface area contributed by atoms with E-state index in [9.17, 15) is 0 Å². The molecule has 0 aromatic carbocycles. The van der Waals surface area contributed by atoms with Gasteiger partial charge in [-0.2, -0.15) is 0 Å². The molecular formula is C13H30N2. The third kappa shape index (κ3) is 11.8. The Hall–Kier alpha value is -0.0800. The zero-order chi connectivity index (χ0) is 11.5. The van der Waals surface area contributed by atoms with E-state index in [2.05, 4.69) is 38.3 Å². The summed E-state index contributed by atoms with van der Waals surface area (Å²) in [6.45, 7) is 13.6. The van der Waals surface area contributed by atoms with Crippen molar-refractivity contribution in [3.63, 3.8) is 0 Å². The van der Waals surface area contributed by atoms with Crippen LogP contribution in [0.1, 0.15) is 47.0 Å². The zero-order valence-corrected chi connectivity index (χ0v) is 11.1. The second-order valence-corrected chi connectivity index (χ2v) is 5.01. The number of hydrogen-bond acceptors (Lipinski definition) is 2. The molecule has 0 rings (SSSR count). The Labute approximate surface area is 96.2 Å². The molecule has 0 bridgehead atoms. The van der Waals surface area contributed by atoms with Crippen molar-refractivity contribution < 1.29 is 0 Å². The lowest BCUT2D eigenvalue weighted by atomic mass is 10.1. The summed E-state index contributed by atoms with van der Waals surface area (Å²) in [4.78, 5) is 0. The molecule has 1 unspecified atom stereocenters. The largest absolute Gasteiger partial charge is 0.317 e. The molecule has 2 heteroatoms. The third-order valence-corrected chi connectivity index (χ3v) is 2.62. The Bertz CT molecular complexity index is 124. The van der Waals surface area contributed by atoms with Crippen LogP contribution in [0, 0.1) is 11.8 Å². The first-order valence-electron chi connectivity index (χ1n) is 6.58. The lowest BCUT2D eigenvalue weighted by Gasteiger charge is -2.12. The number of nitrogens with one attached hydrogen (secondary N) is 2. The molecule has 0 radical (unpaired) electrons. The van der Waals surface area contributed by atoms with Crippen molar-refractivity contribution >= 4 is 0 Å². The fourth-order valence-electron chi connectivity index (χ4n) is 1.61. The highest BCUT2D eigenvalue weighted by molar-refractivity contribution is 4.59. The van der Waals surface area contributed by atoms with E-state index in [0.717, 1.165) is 31.5 Å². The van der Waals surface area contributed by atoms with Crippen LogP contribution in [0.5, 0.6) is 0 Å². The maximum atomic E-state index is 3.53. The van der Waals surface area contributed by atoms with E-state index in [-0.39, 0.29) is 0 Å². The predicted molar refractivity (Wildman–Crippen MR) is 69.3 cm³/mol. The Kier molecular flexibility index (Phi) is 10.4. The van der Waals surface area contributed by atoms with Gasteiger partial charge in [-0.1, -0.05) is 40.5 Å². The maximum Gasteiger partial charge on any atom is -0.00110 e. The number of rotatable bonds is 10. The van der Waals surface area contributed by atoms with Gasteiger partial charge in [-0.15, -0.1) is 0 Å². The van der Waals surface area contributed by atoms with Crippen LogP contribution in [-0.4, -0.2) is 26.2 Å². The molecule has 0 saturated heterocycles. The minimum absolute atomic E-state index is 0.745. The molecule has 0 saturated carbocycles. The summed E-state index contributed by atoms with van der Waals surface area (Å²) >= 11 is 0. The van der Waals surface area contributed by atoms with Gasteiger partial charge in [0.2, 0.25) is 0 Å². The highest BCUT2D eigenvalue weighted by atomic mass is 14.9. The zero-order valence-electron chi connectivity index (χ0n) is 11.1. The van der Waals surface area contributed by atoms with Gasteiger partial charge in [0.05, 0.1) is 0 Å². The SMILES string of the molecule is CCNCC(C)CNCCCCC(C)C. The summed E-state index contributed by atoms with van der Waals surface area (Å²) in [7, 11) is 0. The van der Waals surface area contributed by atoms with Gasteiger partial charge < -0.3 is 10.6 Å². The molecule has 92 valence electrons. The Morgan fingerprint density at radius 1 is 0.933 bits per heavy atom. The summed E-state index contributed by atoms with van der Waals surface area (Å²) in [6.07, 6.45) is 4.06. The fraction of sp³-hybridized carbons (Fsp3) is 1.00. The van der Waals surface area contributed by atoms with Gasteiger partial charge in [-0.25, -0.2) is 0 Å². The molecule has 0 aromatic heterocycles. The molecule has 0 fully saturated rings. The average Bonchev–Trinajstić information content (AvgIpc) is 2.19. The average molecular weight is 214 g/mol. The van der Waals surface area contributed by atoms with Gasteiger partial charge in [0.25, 0.3) is 0 Å². The van der Waals surface area contributed by atoms with Gasteiger partial charge in [0.1, 0.15) is 0 Å². The van der Waals surface area contributed by atoms with Gasteiger partial charge in [0, 0.05) is 0 Å². The van der Waals surface area contributed by atoms with E-state index in [0.29, 0.717) is 0 Å². The quantitative estimate of drug-likeness (QED) is 0.546. The normalized spacial score (nSPS) is 13.4. The van der Waals surface area contributed by atoms with E-state index in [1.165, 1.54) is 25.8 Å². The van der Waals surface area contributed by atoms with Crippen LogP contribution in [0.2, 0.25) is 0 Å². The minimum Gasteiger partial charge on any atom is -0.317 e. The molecular weight excluding hydrogens is 184 g/mol. The van der Waals surface area contributed by atoms with Gasteiger partial charge in [0.15, 0.2) is 0 Å². The molecule has 2 nitrogen and oxygen atoms in total. The van der Waals surface area contributed by atoms with Crippen LogP contribution < -0.4 is 10.6 Å². The highest BCUT2D eigenvalue weighted by Crippen LogP contribution is 2.05. The van der Waals surface area contributed by atoms with Crippen LogP contribution in [0.15, 0.2) is 0 Å². The van der Waals surface area contributed by atoms with Crippen LogP contribution >= 0.6 is 0 Å². The van der Waals surface area contributed by atoms with E-state index < -0.39 is 0 Å². The summed E-state index contributed by atoms with van der Waals surface area (Å²) in [5, 5.41) is 6.90. The summed E-state index contributed by atoms with van der Waals surface area (Å²) in [5.41, 5.74) is 0. The summed E-state index contributed by atoms with van der Waals surface area (Å²) in [5.74, 6) is 1.60. The number of unbranched alkanes of at least 4 members (excludes halogenated alkanes) is 1. The second-order valence-electron chi connectivity index (χ2n) is 5.01. The first-order chi connectivity index (χ1) is 7.16. The lowest BCUT2D eigenvalue weighted by molar-refractivity contribution is 0.463. The summed E-state index contributed by atoms with van der Waals surface area (Å²) in [6, 6.07) is 0. The van der Waals surface area contributed by atoms with Crippen LogP contribution in [-0.2, 0) is 0 Å². The van der Waals surface area contributed by atoms with Gasteiger partial charge >= 0.3 is 0 Å². The third-order valence-electron chi connectivity index (χ3n) is 2.62. The van der Waals surface area contributed by atoms with E-state index in [4.69, 9.17) is 0 Å². The number of hydrogen-bond donors (Lipinski definition) is 2. The molecule has 15 heavy (non-hydrogen) atoms. The van der Waals surface area contributed by atoms with Crippen molar-refractivity contribution in [2.75, 3.05) is 26.2 Å². The monoisotopic (exact) mass is 214 g/mol. The van der Waals surface area contributed by atoms with E-state index in [1.54, 1.807) is 0 Å². The van der Waals surface area contributed by atoms with E-state index >= 15 is 0 Å². The maximum absolute atomic E-state index is 3.53. The molecule has 0 aliphatic heterocycles. The molecule has 1 atom stereocenters. The van der Waals surface area contributed by atoms with Crippen molar-refractivity contribution in [3.8, 4) is 0 Å². The smallest absolute Gasteiger partial charge is 0.00110 e. The van der Waals surface area contributed by atoms with Crippen LogP contribution in [0.3, 0.4) is 0 Å².